The van der Waals surface area contributed by atoms with E-state index >= 15 is 0 Å². The molecule has 0 N–H and O–H groups in total. The molecule has 0 saturated carbocycles. The highest BCUT2D eigenvalue weighted by molar-refractivity contribution is 7.93. The highest BCUT2D eigenvalue weighted by Gasteiger charge is 2.29. The van der Waals surface area contributed by atoms with Gasteiger partial charge in [-0.2, -0.15) is 0 Å². The van der Waals surface area contributed by atoms with Crippen LogP contribution in [0.4, 0.5) is 4.39 Å². The third-order valence-electron chi connectivity index (χ3n) is 2.02. The Labute approximate surface area is 71.3 Å². The minimum Gasteiger partial charge on any atom is -0.314 e. The molecule has 0 spiro atoms. The maximum absolute atomic E-state index is 12.7. The number of nitrogens with zero attached hydrogens (tertiary/aromatic N) is 1. The molecule has 1 saturated heterocycles. The Hall–Kier alpha value is 0.200. The lowest BCUT2D eigenvalue weighted by Gasteiger charge is -2.17. The number of hydrogen-bond donors (Lipinski definition) is 0. The van der Waals surface area contributed by atoms with Gasteiger partial charge in [0.15, 0.2) is 0 Å². The average molecular weight is 179 g/mol. The quantitative estimate of drug-likeness (QED) is 0.606. The van der Waals surface area contributed by atoms with Crippen LogP contribution < -0.4 is 0 Å². The molecule has 4 heteroatoms. The predicted molar refractivity (Wildman–Crippen MR) is 45.4 cm³/mol. The van der Waals surface area contributed by atoms with Gasteiger partial charge in [-0.1, -0.05) is 0 Å². The zero-order chi connectivity index (χ0) is 8.27. The Morgan fingerprint density at radius 3 is 2.91 bits per heavy atom. The number of rotatable bonds is 3. The number of hydrogen-bond acceptors (Lipinski definition) is 3. The fourth-order valence-corrected chi connectivity index (χ4v) is 1.65. The molecule has 1 aliphatic heterocycles. The molecule has 2 atom stereocenters. The summed E-state index contributed by atoms with van der Waals surface area (Å²) < 4.78 is 17.9. The van der Waals surface area contributed by atoms with Crippen LogP contribution in [0.15, 0.2) is 0 Å². The summed E-state index contributed by atoms with van der Waals surface area (Å²) in [6, 6.07) is 0.275. The summed E-state index contributed by atoms with van der Waals surface area (Å²) in [5.74, 6) is 0. The number of likely N-dealkylation sites (tertiary alicyclic amines) is 1. The lowest BCUT2D eigenvalue weighted by atomic mass is 10.2. The molecular formula is C7H14FNOS. The third kappa shape index (κ3) is 2.61. The molecule has 2 nitrogen and oxygen atoms in total. The molecule has 0 bridgehead atoms. The van der Waals surface area contributed by atoms with Crippen LogP contribution in [0, 0.1) is 0 Å². The van der Waals surface area contributed by atoms with E-state index in [0.29, 0.717) is 19.6 Å². The molecule has 0 aromatic heterocycles. The molecule has 66 valence electrons. The second-order valence-corrected chi connectivity index (χ2v) is 3.45. The van der Waals surface area contributed by atoms with E-state index in [9.17, 15) is 4.39 Å². The SMILES string of the molecule is CSOCC1CC(F)CN1C. The van der Waals surface area contributed by atoms with Crippen LogP contribution in [-0.2, 0) is 4.18 Å². The van der Waals surface area contributed by atoms with Crippen molar-refractivity contribution in [3.63, 3.8) is 0 Å². The largest absolute Gasteiger partial charge is 0.314 e. The summed E-state index contributed by atoms with van der Waals surface area (Å²) in [7, 11) is 1.94. The smallest absolute Gasteiger partial charge is 0.114 e. The summed E-state index contributed by atoms with van der Waals surface area (Å²) in [6.45, 7) is 1.19. The summed E-state index contributed by atoms with van der Waals surface area (Å²) in [6.07, 6.45) is 1.84. The molecule has 0 aromatic carbocycles. The molecule has 1 fully saturated rings. The molecule has 1 heterocycles. The lowest BCUT2D eigenvalue weighted by molar-refractivity contribution is 0.219. The first-order valence-corrected chi connectivity index (χ1v) is 4.89. The Balaban J connectivity index is 2.23. The van der Waals surface area contributed by atoms with Gasteiger partial charge in [0, 0.05) is 18.8 Å². The van der Waals surface area contributed by atoms with Gasteiger partial charge in [0.05, 0.1) is 6.61 Å². The molecule has 1 aliphatic rings. The summed E-state index contributed by atoms with van der Waals surface area (Å²) in [5, 5.41) is 0. The Kier molecular flexibility index (Phi) is 3.62. The van der Waals surface area contributed by atoms with E-state index in [-0.39, 0.29) is 6.04 Å². The molecule has 0 amide bonds. The molecule has 0 aromatic rings. The second-order valence-electron chi connectivity index (χ2n) is 2.88. The van der Waals surface area contributed by atoms with E-state index in [1.54, 1.807) is 0 Å². The molecule has 2 unspecified atom stereocenters. The van der Waals surface area contributed by atoms with Crippen LogP contribution >= 0.6 is 12.0 Å². The Bertz CT molecular complexity index is 125. The van der Waals surface area contributed by atoms with Crippen LogP contribution in [0.3, 0.4) is 0 Å². The van der Waals surface area contributed by atoms with E-state index in [2.05, 4.69) is 0 Å². The fourth-order valence-electron chi connectivity index (χ4n) is 1.35. The van der Waals surface area contributed by atoms with Crippen molar-refractivity contribution in [1.29, 1.82) is 0 Å². The first-order valence-electron chi connectivity index (χ1n) is 3.74. The van der Waals surface area contributed by atoms with Gasteiger partial charge in [-0.05, 0) is 25.5 Å². The van der Waals surface area contributed by atoms with Gasteiger partial charge in [-0.25, -0.2) is 4.39 Å². The van der Waals surface area contributed by atoms with E-state index in [4.69, 9.17) is 4.18 Å². The normalized spacial score (nSPS) is 33.0. The van der Waals surface area contributed by atoms with Gasteiger partial charge in [0.2, 0.25) is 0 Å². The number of alkyl halides is 1. The molecule has 11 heavy (non-hydrogen) atoms. The lowest BCUT2D eigenvalue weighted by Crippen LogP contribution is -2.28. The van der Waals surface area contributed by atoms with Gasteiger partial charge >= 0.3 is 0 Å². The maximum atomic E-state index is 12.7. The zero-order valence-electron chi connectivity index (χ0n) is 6.92. The number of likely N-dealkylation sites (N-methyl/N-ethyl adjacent to an activating group) is 1. The molecule has 0 aliphatic carbocycles. The highest BCUT2D eigenvalue weighted by atomic mass is 32.2. The van der Waals surface area contributed by atoms with Gasteiger partial charge < -0.3 is 4.18 Å². The van der Waals surface area contributed by atoms with Crippen molar-refractivity contribution in [3.8, 4) is 0 Å². The van der Waals surface area contributed by atoms with Crippen molar-refractivity contribution < 1.29 is 8.57 Å². The molecule has 0 radical (unpaired) electrons. The fraction of sp³-hybridized carbons (Fsp3) is 1.00. The van der Waals surface area contributed by atoms with E-state index in [1.165, 1.54) is 12.0 Å². The summed E-state index contributed by atoms with van der Waals surface area (Å²) in [5.41, 5.74) is 0. The topological polar surface area (TPSA) is 12.5 Å². The average Bonchev–Trinajstić information content (AvgIpc) is 2.26. The minimum absolute atomic E-state index is 0.275. The first kappa shape index (κ1) is 9.29. The van der Waals surface area contributed by atoms with Crippen LogP contribution in [-0.4, -0.2) is 43.6 Å². The van der Waals surface area contributed by atoms with Crippen LogP contribution in [0.1, 0.15) is 6.42 Å². The standard InChI is InChI=1S/C7H14FNOS/c1-9-4-6(8)3-7(9)5-10-11-2/h6-7H,3-5H2,1-2H3. The Morgan fingerprint density at radius 2 is 2.45 bits per heavy atom. The second kappa shape index (κ2) is 4.28. The molecular weight excluding hydrogens is 165 g/mol. The van der Waals surface area contributed by atoms with Gasteiger partial charge in [0.25, 0.3) is 0 Å². The van der Waals surface area contributed by atoms with Crippen LogP contribution in [0.25, 0.3) is 0 Å². The minimum atomic E-state index is -0.657. The van der Waals surface area contributed by atoms with Gasteiger partial charge in [0.1, 0.15) is 6.17 Å². The van der Waals surface area contributed by atoms with Crippen molar-refractivity contribution in [1.82, 2.24) is 4.90 Å². The first-order chi connectivity index (χ1) is 5.24. The van der Waals surface area contributed by atoms with E-state index in [1.807, 2.05) is 18.2 Å². The van der Waals surface area contributed by atoms with Gasteiger partial charge in [-0.15, -0.1) is 0 Å². The van der Waals surface area contributed by atoms with Crippen molar-refractivity contribution >= 4 is 12.0 Å². The summed E-state index contributed by atoms with van der Waals surface area (Å²) in [4.78, 5) is 2.01. The van der Waals surface area contributed by atoms with E-state index < -0.39 is 6.17 Å². The predicted octanol–water partition coefficient (Wildman–Crippen LogP) is 1.32. The van der Waals surface area contributed by atoms with Crippen molar-refractivity contribution in [3.05, 3.63) is 0 Å². The number of halogens is 1. The van der Waals surface area contributed by atoms with Gasteiger partial charge in [-0.3, -0.25) is 4.90 Å². The highest BCUT2D eigenvalue weighted by Crippen LogP contribution is 2.19. The summed E-state index contributed by atoms with van der Waals surface area (Å²) >= 11 is 1.34. The Morgan fingerprint density at radius 1 is 1.73 bits per heavy atom. The van der Waals surface area contributed by atoms with Crippen molar-refractivity contribution in [2.24, 2.45) is 0 Å². The monoisotopic (exact) mass is 179 g/mol. The van der Waals surface area contributed by atoms with E-state index in [0.717, 1.165) is 0 Å². The molecule has 1 rings (SSSR count). The zero-order valence-corrected chi connectivity index (χ0v) is 7.73. The van der Waals surface area contributed by atoms with Crippen LogP contribution in [0.5, 0.6) is 0 Å². The maximum Gasteiger partial charge on any atom is 0.114 e. The van der Waals surface area contributed by atoms with Crippen LogP contribution in [0.2, 0.25) is 0 Å². The van der Waals surface area contributed by atoms with Crippen molar-refractivity contribution in [2.75, 3.05) is 26.5 Å². The third-order valence-corrected chi connectivity index (χ3v) is 2.39. The van der Waals surface area contributed by atoms with Crippen molar-refractivity contribution in [2.45, 2.75) is 18.6 Å².